The summed E-state index contributed by atoms with van der Waals surface area (Å²) in [4.78, 5) is 6.99. The molecule has 0 radical (unpaired) electrons. The molecule has 0 aliphatic rings. The lowest BCUT2D eigenvalue weighted by Gasteiger charge is -2.07. The summed E-state index contributed by atoms with van der Waals surface area (Å²) in [7, 11) is 0. The standard InChI is InChI=1S/C19H17ClN2S.BrH/c1-3-13-22-18(15-7-5-4-6-8-15)14(2)23-19(22)21-17-11-9-16(20)10-12-17;/h3-12H,1,13H2,2H3;1H. The van der Waals surface area contributed by atoms with Crippen molar-refractivity contribution in [2.24, 2.45) is 4.99 Å². The van der Waals surface area contributed by atoms with E-state index in [0.29, 0.717) is 0 Å². The molecular weight excluding hydrogens is 404 g/mol. The normalized spacial score (nSPS) is 11.2. The van der Waals surface area contributed by atoms with Gasteiger partial charge in [0.1, 0.15) is 0 Å². The summed E-state index contributed by atoms with van der Waals surface area (Å²) in [5.74, 6) is 0. The highest BCUT2D eigenvalue weighted by Crippen LogP contribution is 2.25. The lowest BCUT2D eigenvalue weighted by atomic mass is 10.1. The van der Waals surface area contributed by atoms with Gasteiger partial charge in [-0.3, -0.25) is 0 Å². The Bertz CT molecular complexity index is 880. The average molecular weight is 422 g/mol. The van der Waals surface area contributed by atoms with Gasteiger partial charge in [0.15, 0.2) is 4.80 Å². The van der Waals surface area contributed by atoms with Crippen molar-refractivity contribution < 1.29 is 0 Å². The third kappa shape index (κ3) is 4.07. The minimum absolute atomic E-state index is 0. The maximum atomic E-state index is 5.95. The van der Waals surface area contributed by atoms with Crippen LogP contribution in [0.3, 0.4) is 0 Å². The monoisotopic (exact) mass is 420 g/mol. The first-order chi connectivity index (χ1) is 11.2. The maximum Gasteiger partial charge on any atom is 0.190 e. The molecule has 2 aromatic carbocycles. The predicted molar refractivity (Wildman–Crippen MR) is 110 cm³/mol. The molecule has 3 aromatic rings. The SMILES string of the molecule is Br.C=CCn1c(-c2ccccc2)c(C)sc1=Nc1ccc(Cl)cc1. The topological polar surface area (TPSA) is 17.3 Å². The van der Waals surface area contributed by atoms with Crippen molar-refractivity contribution in [1.82, 2.24) is 4.57 Å². The quantitative estimate of drug-likeness (QED) is 0.448. The molecule has 0 atom stereocenters. The smallest absolute Gasteiger partial charge is 0.190 e. The second-order valence-corrected chi connectivity index (χ2v) is 6.76. The van der Waals surface area contributed by atoms with Gasteiger partial charge in [0.2, 0.25) is 0 Å². The number of nitrogens with zero attached hydrogens (tertiary/aromatic N) is 2. The van der Waals surface area contributed by atoms with Gasteiger partial charge in [-0.2, -0.15) is 0 Å². The minimum atomic E-state index is 0. The lowest BCUT2D eigenvalue weighted by molar-refractivity contribution is 0.798. The van der Waals surface area contributed by atoms with Crippen molar-refractivity contribution in [2.45, 2.75) is 13.5 Å². The fraction of sp³-hybridized carbons (Fsp3) is 0.105. The number of allylic oxidation sites excluding steroid dienone is 1. The molecule has 2 nitrogen and oxygen atoms in total. The van der Waals surface area contributed by atoms with E-state index in [0.717, 1.165) is 22.1 Å². The van der Waals surface area contributed by atoms with E-state index in [2.05, 4.69) is 42.3 Å². The summed E-state index contributed by atoms with van der Waals surface area (Å²) in [6, 6.07) is 18.0. The summed E-state index contributed by atoms with van der Waals surface area (Å²) in [5, 5.41) is 0.718. The molecule has 0 fully saturated rings. The number of hydrogen-bond acceptors (Lipinski definition) is 2. The number of benzene rings is 2. The largest absolute Gasteiger partial charge is 0.312 e. The van der Waals surface area contributed by atoms with Gasteiger partial charge < -0.3 is 4.57 Å². The fourth-order valence-electron chi connectivity index (χ4n) is 2.49. The molecule has 0 aliphatic carbocycles. The second kappa shape index (κ2) is 8.47. The molecule has 0 aliphatic heterocycles. The molecular formula is C19H18BrClN2S. The molecule has 5 heteroatoms. The number of aryl methyl sites for hydroxylation is 1. The van der Waals surface area contributed by atoms with Gasteiger partial charge in [-0.1, -0.05) is 48.0 Å². The Morgan fingerprint density at radius 3 is 2.42 bits per heavy atom. The Balaban J connectivity index is 0.00000208. The van der Waals surface area contributed by atoms with E-state index in [1.807, 2.05) is 36.4 Å². The zero-order chi connectivity index (χ0) is 16.2. The van der Waals surface area contributed by atoms with Crippen LogP contribution in [0.25, 0.3) is 11.3 Å². The van der Waals surface area contributed by atoms with Crippen LogP contribution in [0, 0.1) is 6.92 Å². The van der Waals surface area contributed by atoms with Gasteiger partial charge in [-0.05, 0) is 36.8 Å². The van der Waals surface area contributed by atoms with E-state index in [-0.39, 0.29) is 17.0 Å². The second-order valence-electron chi connectivity index (χ2n) is 5.14. The maximum absolute atomic E-state index is 5.95. The molecule has 0 unspecified atom stereocenters. The van der Waals surface area contributed by atoms with Crippen molar-refractivity contribution in [2.75, 3.05) is 0 Å². The zero-order valence-corrected chi connectivity index (χ0v) is 16.6. The van der Waals surface area contributed by atoms with Crippen molar-refractivity contribution in [3.63, 3.8) is 0 Å². The highest BCUT2D eigenvalue weighted by molar-refractivity contribution is 8.93. The van der Waals surface area contributed by atoms with Crippen LogP contribution in [0.1, 0.15) is 4.88 Å². The number of aromatic nitrogens is 1. The van der Waals surface area contributed by atoms with Crippen LogP contribution in [-0.2, 0) is 6.54 Å². The van der Waals surface area contributed by atoms with Crippen LogP contribution in [0.2, 0.25) is 5.02 Å². The van der Waals surface area contributed by atoms with E-state index in [1.165, 1.54) is 16.1 Å². The number of hydrogen-bond donors (Lipinski definition) is 0. The molecule has 1 aromatic heterocycles. The first-order valence-electron chi connectivity index (χ1n) is 7.36. The predicted octanol–water partition coefficient (Wildman–Crippen LogP) is 6.17. The summed E-state index contributed by atoms with van der Waals surface area (Å²) in [6.07, 6.45) is 1.90. The van der Waals surface area contributed by atoms with Crippen LogP contribution in [0.4, 0.5) is 5.69 Å². The molecule has 0 saturated carbocycles. The van der Waals surface area contributed by atoms with E-state index in [1.54, 1.807) is 11.3 Å². The first-order valence-corrected chi connectivity index (χ1v) is 8.55. The van der Waals surface area contributed by atoms with Crippen LogP contribution in [-0.4, -0.2) is 4.57 Å². The van der Waals surface area contributed by atoms with Gasteiger partial charge >= 0.3 is 0 Å². The van der Waals surface area contributed by atoms with Gasteiger partial charge in [-0.15, -0.1) is 34.9 Å². The zero-order valence-electron chi connectivity index (χ0n) is 13.3. The fourth-order valence-corrected chi connectivity index (χ4v) is 3.64. The Morgan fingerprint density at radius 1 is 1.12 bits per heavy atom. The third-order valence-electron chi connectivity index (χ3n) is 3.49. The van der Waals surface area contributed by atoms with Gasteiger partial charge in [0, 0.05) is 16.4 Å². The Kier molecular flexibility index (Phi) is 6.60. The molecule has 24 heavy (non-hydrogen) atoms. The van der Waals surface area contributed by atoms with Crippen molar-refractivity contribution >= 4 is 45.6 Å². The number of thiazole rings is 1. The van der Waals surface area contributed by atoms with Crippen LogP contribution in [0.5, 0.6) is 0 Å². The van der Waals surface area contributed by atoms with E-state index < -0.39 is 0 Å². The molecule has 0 saturated heterocycles. The molecule has 0 bridgehead atoms. The first kappa shape index (κ1) is 18.7. The van der Waals surface area contributed by atoms with E-state index >= 15 is 0 Å². The van der Waals surface area contributed by atoms with Crippen LogP contribution < -0.4 is 4.80 Å². The molecule has 124 valence electrons. The van der Waals surface area contributed by atoms with Crippen LogP contribution in [0.15, 0.2) is 72.2 Å². The Morgan fingerprint density at radius 2 is 1.79 bits per heavy atom. The minimum Gasteiger partial charge on any atom is -0.312 e. The number of rotatable bonds is 4. The van der Waals surface area contributed by atoms with E-state index in [9.17, 15) is 0 Å². The van der Waals surface area contributed by atoms with Crippen molar-refractivity contribution in [3.8, 4) is 11.3 Å². The Hall–Kier alpha value is -1.62. The average Bonchev–Trinajstić information content (AvgIpc) is 2.86. The van der Waals surface area contributed by atoms with Crippen LogP contribution >= 0.6 is 39.9 Å². The van der Waals surface area contributed by atoms with Gasteiger partial charge in [-0.25, -0.2) is 4.99 Å². The highest BCUT2D eigenvalue weighted by Gasteiger charge is 2.11. The molecule has 0 amide bonds. The van der Waals surface area contributed by atoms with Crippen molar-refractivity contribution in [1.29, 1.82) is 0 Å². The van der Waals surface area contributed by atoms with Gasteiger partial charge in [0.05, 0.1) is 11.4 Å². The lowest BCUT2D eigenvalue weighted by Crippen LogP contribution is -2.14. The van der Waals surface area contributed by atoms with Crippen molar-refractivity contribution in [3.05, 3.63) is 82.0 Å². The molecule has 0 spiro atoms. The summed E-state index contributed by atoms with van der Waals surface area (Å²) in [6.45, 7) is 6.74. The van der Waals surface area contributed by atoms with E-state index in [4.69, 9.17) is 16.6 Å². The molecule has 0 N–H and O–H groups in total. The summed E-state index contributed by atoms with van der Waals surface area (Å²) < 4.78 is 2.21. The Labute approximate surface area is 161 Å². The highest BCUT2D eigenvalue weighted by atomic mass is 79.9. The molecule has 3 rings (SSSR count). The summed E-state index contributed by atoms with van der Waals surface area (Å²) in [5.41, 5.74) is 3.29. The van der Waals surface area contributed by atoms with Gasteiger partial charge in [0.25, 0.3) is 0 Å². The summed E-state index contributed by atoms with van der Waals surface area (Å²) >= 11 is 7.64. The molecule has 1 heterocycles. The third-order valence-corrected chi connectivity index (χ3v) is 4.73. The number of halogens is 2.